The van der Waals surface area contributed by atoms with Crippen molar-refractivity contribution in [1.82, 2.24) is 24.7 Å². The molecule has 0 atom stereocenters. The molecule has 3 rings (SSSR count). The van der Waals surface area contributed by atoms with Gasteiger partial charge in [0.2, 0.25) is 0 Å². The van der Waals surface area contributed by atoms with Crippen molar-refractivity contribution in [3.05, 3.63) is 42.2 Å². The first-order valence-corrected chi connectivity index (χ1v) is 7.79. The van der Waals surface area contributed by atoms with E-state index in [-0.39, 0.29) is 6.03 Å². The van der Waals surface area contributed by atoms with Crippen molar-refractivity contribution < 1.29 is 4.79 Å². The molecule has 2 amide bonds. The zero-order valence-corrected chi connectivity index (χ0v) is 14.3. The summed E-state index contributed by atoms with van der Waals surface area (Å²) in [5.41, 5.74) is 3.39. The van der Waals surface area contributed by atoms with Gasteiger partial charge in [0.15, 0.2) is 11.5 Å². The summed E-state index contributed by atoms with van der Waals surface area (Å²) in [5.74, 6) is 0.747. The molecular weight excluding hydrogens is 304 g/mol. The average molecular weight is 324 g/mol. The highest BCUT2D eigenvalue weighted by molar-refractivity contribution is 5.91. The molecule has 7 nitrogen and oxygen atoms in total. The van der Waals surface area contributed by atoms with E-state index >= 15 is 0 Å². The van der Waals surface area contributed by atoms with Crippen LogP contribution in [0.15, 0.2) is 36.4 Å². The third kappa shape index (κ3) is 2.80. The van der Waals surface area contributed by atoms with Crippen LogP contribution in [0.4, 0.5) is 10.5 Å². The number of aryl methyl sites for hydroxylation is 1. The lowest BCUT2D eigenvalue weighted by molar-refractivity contribution is 0.224. The SMILES string of the molecule is CCN(C(=O)N(C)C)c1ccc(-c2ccc3nnc(C)n3n2)cc1. The van der Waals surface area contributed by atoms with Gasteiger partial charge in [0, 0.05) is 31.9 Å². The van der Waals surface area contributed by atoms with Crippen molar-refractivity contribution >= 4 is 17.4 Å². The minimum atomic E-state index is -0.0371. The zero-order chi connectivity index (χ0) is 17.3. The number of nitrogens with zero attached hydrogens (tertiary/aromatic N) is 6. The van der Waals surface area contributed by atoms with E-state index in [1.165, 1.54) is 0 Å². The van der Waals surface area contributed by atoms with Crippen molar-refractivity contribution in [2.75, 3.05) is 25.5 Å². The summed E-state index contributed by atoms with van der Waals surface area (Å²) >= 11 is 0. The summed E-state index contributed by atoms with van der Waals surface area (Å²) in [6.45, 7) is 4.44. The number of hydrogen-bond acceptors (Lipinski definition) is 4. The molecule has 0 radical (unpaired) electrons. The molecule has 3 aromatic rings. The van der Waals surface area contributed by atoms with Crippen LogP contribution in [0.25, 0.3) is 16.9 Å². The number of aromatic nitrogens is 4. The lowest BCUT2D eigenvalue weighted by atomic mass is 10.1. The Morgan fingerprint density at radius 1 is 1.08 bits per heavy atom. The largest absolute Gasteiger partial charge is 0.330 e. The zero-order valence-electron chi connectivity index (χ0n) is 14.3. The minimum absolute atomic E-state index is 0.0371. The fourth-order valence-corrected chi connectivity index (χ4v) is 2.53. The maximum atomic E-state index is 12.2. The molecule has 0 N–H and O–H groups in total. The number of carbonyl (C=O) groups excluding carboxylic acids is 1. The normalized spacial score (nSPS) is 10.8. The number of hydrogen-bond donors (Lipinski definition) is 0. The number of fused-ring (bicyclic) bond motifs is 1. The Morgan fingerprint density at radius 3 is 2.42 bits per heavy atom. The summed E-state index contributed by atoms with van der Waals surface area (Å²) in [6.07, 6.45) is 0. The number of rotatable bonds is 3. The molecule has 124 valence electrons. The first-order chi connectivity index (χ1) is 11.5. The van der Waals surface area contributed by atoms with E-state index in [9.17, 15) is 4.79 Å². The molecule has 0 spiro atoms. The highest BCUT2D eigenvalue weighted by Crippen LogP contribution is 2.22. The van der Waals surface area contributed by atoms with Gasteiger partial charge >= 0.3 is 6.03 Å². The monoisotopic (exact) mass is 324 g/mol. The molecule has 2 aromatic heterocycles. The van der Waals surface area contributed by atoms with E-state index < -0.39 is 0 Å². The third-order valence-corrected chi connectivity index (χ3v) is 3.82. The average Bonchev–Trinajstić information content (AvgIpc) is 2.96. The molecule has 0 bridgehead atoms. The molecule has 0 fully saturated rings. The maximum Gasteiger partial charge on any atom is 0.323 e. The van der Waals surface area contributed by atoms with Gasteiger partial charge in [-0.25, -0.2) is 4.79 Å². The Hall–Kier alpha value is -2.96. The molecular formula is C17H20N6O. The van der Waals surface area contributed by atoms with Gasteiger partial charge < -0.3 is 4.90 Å². The van der Waals surface area contributed by atoms with Crippen LogP contribution in [-0.4, -0.2) is 51.4 Å². The first-order valence-electron chi connectivity index (χ1n) is 7.79. The summed E-state index contributed by atoms with van der Waals surface area (Å²) in [6, 6.07) is 11.6. The molecule has 0 saturated heterocycles. The second-order valence-electron chi connectivity index (χ2n) is 5.70. The first kappa shape index (κ1) is 15.9. The van der Waals surface area contributed by atoms with Gasteiger partial charge in [0.25, 0.3) is 0 Å². The van der Waals surface area contributed by atoms with Crippen molar-refractivity contribution in [2.45, 2.75) is 13.8 Å². The van der Waals surface area contributed by atoms with Gasteiger partial charge in [-0.2, -0.15) is 9.61 Å². The number of benzene rings is 1. The Bertz CT molecular complexity index is 868. The van der Waals surface area contributed by atoms with Crippen LogP contribution in [0.2, 0.25) is 0 Å². The highest BCUT2D eigenvalue weighted by Gasteiger charge is 2.15. The lowest BCUT2D eigenvalue weighted by Gasteiger charge is -2.25. The van der Waals surface area contributed by atoms with Gasteiger partial charge in [-0.05, 0) is 38.1 Å². The Kier molecular flexibility index (Phi) is 4.16. The van der Waals surface area contributed by atoms with Crippen molar-refractivity contribution in [1.29, 1.82) is 0 Å². The highest BCUT2D eigenvalue weighted by atomic mass is 16.2. The molecule has 1 aromatic carbocycles. The minimum Gasteiger partial charge on any atom is -0.330 e. The topological polar surface area (TPSA) is 66.6 Å². The van der Waals surface area contributed by atoms with E-state index in [1.807, 2.05) is 50.2 Å². The van der Waals surface area contributed by atoms with E-state index in [4.69, 9.17) is 0 Å². The second kappa shape index (κ2) is 6.27. The van der Waals surface area contributed by atoms with Crippen LogP contribution in [0, 0.1) is 6.92 Å². The van der Waals surface area contributed by atoms with E-state index in [0.717, 1.165) is 28.4 Å². The smallest absolute Gasteiger partial charge is 0.323 e. The van der Waals surface area contributed by atoms with Gasteiger partial charge in [-0.15, -0.1) is 10.2 Å². The Balaban J connectivity index is 1.92. The third-order valence-electron chi connectivity index (χ3n) is 3.82. The fourth-order valence-electron chi connectivity index (χ4n) is 2.53. The fraction of sp³-hybridized carbons (Fsp3) is 0.294. The van der Waals surface area contributed by atoms with Crippen LogP contribution in [0.5, 0.6) is 0 Å². The maximum absolute atomic E-state index is 12.2. The molecule has 24 heavy (non-hydrogen) atoms. The van der Waals surface area contributed by atoms with E-state index in [0.29, 0.717) is 6.54 Å². The molecule has 0 aliphatic rings. The van der Waals surface area contributed by atoms with Crippen LogP contribution < -0.4 is 4.90 Å². The molecule has 2 heterocycles. The molecule has 7 heteroatoms. The van der Waals surface area contributed by atoms with Crippen LogP contribution in [0.3, 0.4) is 0 Å². The standard InChI is InChI=1S/C17H20N6O/c1-5-22(17(24)21(3)4)14-8-6-13(7-9-14)15-10-11-16-19-18-12(2)23(16)20-15/h6-11H,5H2,1-4H3. The molecule has 0 aliphatic heterocycles. The van der Waals surface area contributed by atoms with Crippen LogP contribution in [-0.2, 0) is 0 Å². The van der Waals surface area contributed by atoms with Crippen LogP contribution >= 0.6 is 0 Å². The number of urea groups is 1. The van der Waals surface area contributed by atoms with Crippen molar-refractivity contribution in [3.8, 4) is 11.3 Å². The Morgan fingerprint density at radius 2 is 1.79 bits per heavy atom. The quantitative estimate of drug-likeness (QED) is 0.743. The molecule has 0 unspecified atom stereocenters. The van der Waals surface area contributed by atoms with E-state index in [2.05, 4.69) is 15.3 Å². The summed E-state index contributed by atoms with van der Waals surface area (Å²) in [7, 11) is 3.50. The lowest BCUT2D eigenvalue weighted by Crippen LogP contribution is -2.39. The number of amides is 2. The summed E-state index contributed by atoms with van der Waals surface area (Å²) in [4.78, 5) is 15.5. The van der Waals surface area contributed by atoms with Crippen molar-refractivity contribution in [2.24, 2.45) is 0 Å². The number of carbonyl (C=O) groups is 1. The predicted molar refractivity (Wildman–Crippen MR) is 93.1 cm³/mol. The van der Waals surface area contributed by atoms with Crippen molar-refractivity contribution in [3.63, 3.8) is 0 Å². The van der Waals surface area contributed by atoms with E-state index in [1.54, 1.807) is 28.4 Å². The van der Waals surface area contributed by atoms with Crippen LogP contribution in [0.1, 0.15) is 12.7 Å². The summed E-state index contributed by atoms with van der Waals surface area (Å²) in [5, 5.41) is 12.6. The van der Waals surface area contributed by atoms with Gasteiger partial charge in [0.05, 0.1) is 5.69 Å². The van der Waals surface area contributed by atoms with Gasteiger partial charge in [-0.1, -0.05) is 12.1 Å². The second-order valence-corrected chi connectivity index (χ2v) is 5.70. The Labute approximate surface area is 140 Å². The predicted octanol–water partition coefficient (Wildman–Crippen LogP) is 2.61. The molecule has 0 saturated carbocycles. The molecule has 0 aliphatic carbocycles. The number of anilines is 1. The van der Waals surface area contributed by atoms with Gasteiger partial charge in [-0.3, -0.25) is 4.90 Å². The summed E-state index contributed by atoms with van der Waals surface area (Å²) < 4.78 is 1.72. The van der Waals surface area contributed by atoms with Gasteiger partial charge in [0.1, 0.15) is 0 Å².